The van der Waals surface area contributed by atoms with Crippen LogP contribution >= 0.6 is 15.9 Å². The van der Waals surface area contributed by atoms with Gasteiger partial charge in [-0.05, 0) is 59.5 Å². The summed E-state index contributed by atoms with van der Waals surface area (Å²) in [6.45, 7) is 18.5. The maximum absolute atomic E-state index is 6.88. The number of rotatable bonds is 2. The van der Waals surface area contributed by atoms with Gasteiger partial charge in [-0.2, -0.15) is 0 Å². The highest BCUT2D eigenvalue weighted by Crippen LogP contribution is 2.54. The Balaban J connectivity index is 2.04. The third-order valence-corrected chi connectivity index (χ3v) is 11.0. The topological polar surface area (TPSA) is 39.7 Å². The fourth-order valence-corrected chi connectivity index (χ4v) is 5.49. The molecule has 3 rings (SSSR count). The molecule has 0 bridgehead atoms. The Labute approximate surface area is 160 Å². The van der Waals surface area contributed by atoms with Crippen LogP contribution in [-0.2, 0) is 4.43 Å². The Kier molecular flexibility index (Phi) is 4.49. The highest BCUT2D eigenvalue weighted by atomic mass is 79.9. The van der Waals surface area contributed by atoms with E-state index in [0.29, 0.717) is 0 Å². The number of ether oxygens (including phenoxy) is 2. The number of anilines is 1. The molecule has 2 heterocycles. The van der Waals surface area contributed by atoms with Crippen molar-refractivity contribution in [3.8, 4) is 11.5 Å². The summed E-state index contributed by atoms with van der Waals surface area (Å²) in [6, 6.07) is 2.15. The number of hydrogen-bond donors (Lipinski definition) is 1. The van der Waals surface area contributed by atoms with Gasteiger partial charge in [0, 0.05) is 5.92 Å². The molecule has 0 spiro atoms. The smallest absolute Gasteiger partial charge is 0.231 e. The van der Waals surface area contributed by atoms with Crippen molar-refractivity contribution in [2.24, 2.45) is 0 Å². The summed E-state index contributed by atoms with van der Waals surface area (Å²) in [4.78, 5) is 0. The van der Waals surface area contributed by atoms with Crippen molar-refractivity contribution in [3.63, 3.8) is 0 Å². The van der Waals surface area contributed by atoms with E-state index in [2.05, 4.69) is 81.9 Å². The minimum absolute atomic E-state index is 0.0909. The fraction of sp³-hybridized carbons (Fsp3) is 0.684. The van der Waals surface area contributed by atoms with Crippen LogP contribution in [0.5, 0.6) is 11.5 Å². The summed E-state index contributed by atoms with van der Waals surface area (Å²) in [5.74, 6) is 1.86. The molecule has 2 aliphatic rings. The second kappa shape index (κ2) is 5.89. The Morgan fingerprint density at radius 1 is 1.24 bits per heavy atom. The molecule has 6 heteroatoms. The first-order chi connectivity index (χ1) is 11.3. The third-order valence-electron chi connectivity index (χ3n) is 5.96. The molecule has 2 unspecified atom stereocenters. The van der Waals surface area contributed by atoms with Crippen molar-refractivity contribution in [1.82, 2.24) is 0 Å². The number of fused-ring (bicyclic) bond motifs is 3. The molecule has 0 radical (unpaired) electrons. The fourth-order valence-electron chi connectivity index (χ4n) is 3.46. The Bertz CT molecular complexity index is 697. The van der Waals surface area contributed by atoms with Crippen LogP contribution in [0.2, 0.25) is 18.1 Å². The minimum atomic E-state index is -1.89. The van der Waals surface area contributed by atoms with Crippen molar-refractivity contribution in [1.29, 1.82) is 0 Å². The molecule has 4 nitrogen and oxygen atoms in total. The van der Waals surface area contributed by atoms with Crippen LogP contribution in [0.1, 0.15) is 53.0 Å². The zero-order valence-electron chi connectivity index (χ0n) is 16.5. The zero-order valence-corrected chi connectivity index (χ0v) is 19.1. The third kappa shape index (κ3) is 3.10. The quantitative estimate of drug-likeness (QED) is 0.598. The van der Waals surface area contributed by atoms with Crippen LogP contribution in [0.3, 0.4) is 0 Å². The molecule has 140 valence electrons. The van der Waals surface area contributed by atoms with E-state index in [1.54, 1.807) is 0 Å². The summed E-state index contributed by atoms with van der Waals surface area (Å²) < 4.78 is 19.2. The van der Waals surface area contributed by atoms with E-state index in [0.717, 1.165) is 21.7 Å². The largest absolute Gasteiger partial charge is 0.452 e. The van der Waals surface area contributed by atoms with Gasteiger partial charge in [-0.3, -0.25) is 0 Å². The van der Waals surface area contributed by atoms with Gasteiger partial charge in [-0.25, -0.2) is 0 Å². The first-order valence-electron chi connectivity index (χ1n) is 8.93. The van der Waals surface area contributed by atoms with Gasteiger partial charge < -0.3 is 19.2 Å². The van der Waals surface area contributed by atoms with Crippen LogP contribution in [-0.4, -0.2) is 26.8 Å². The van der Waals surface area contributed by atoms with E-state index in [1.807, 2.05) is 0 Å². The zero-order chi connectivity index (χ0) is 18.8. The molecule has 0 saturated carbocycles. The van der Waals surface area contributed by atoms with Crippen molar-refractivity contribution >= 4 is 29.9 Å². The molecule has 0 amide bonds. The molecule has 1 aromatic carbocycles. The summed E-state index contributed by atoms with van der Waals surface area (Å²) >= 11 is 3.63. The summed E-state index contributed by atoms with van der Waals surface area (Å²) in [5.41, 5.74) is 2.07. The first kappa shape index (κ1) is 19.0. The van der Waals surface area contributed by atoms with E-state index in [-0.39, 0.29) is 29.4 Å². The van der Waals surface area contributed by atoms with Gasteiger partial charge in [-0.15, -0.1) is 0 Å². The predicted molar refractivity (Wildman–Crippen MR) is 108 cm³/mol. The van der Waals surface area contributed by atoms with Gasteiger partial charge in [0.1, 0.15) is 0 Å². The van der Waals surface area contributed by atoms with Crippen molar-refractivity contribution < 1.29 is 13.9 Å². The van der Waals surface area contributed by atoms with Gasteiger partial charge in [-0.1, -0.05) is 27.7 Å². The Morgan fingerprint density at radius 3 is 2.44 bits per heavy atom. The lowest BCUT2D eigenvalue weighted by Gasteiger charge is -2.50. The molecule has 1 aromatic rings. The molecule has 25 heavy (non-hydrogen) atoms. The molecule has 2 atom stereocenters. The molecule has 0 saturated heterocycles. The Morgan fingerprint density at radius 2 is 1.84 bits per heavy atom. The number of nitrogens with one attached hydrogen (secondary N) is 1. The average Bonchev–Trinajstić information content (AvgIpc) is 2.94. The van der Waals surface area contributed by atoms with Gasteiger partial charge in [0.15, 0.2) is 19.8 Å². The van der Waals surface area contributed by atoms with Crippen LogP contribution in [0.25, 0.3) is 0 Å². The summed E-state index contributed by atoms with van der Waals surface area (Å²) in [6.07, 6.45) is 0.0909. The monoisotopic (exact) mass is 427 g/mol. The van der Waals surface area contributed by atoms with E-state index in [1.165, 1.54) is 5.56 Å². The molecule has 0 aromatic heterocycles. The van der Waals surface area contributed by atoms with Crippen molar-refractivity contribution in [3.05, 3.63) is 16.1 Å². The number of hydrogen-bond acceptors (Lipinski definition) is 4. The maximum Gasteiger partial charge on any atom is 0.231 e. The molecule has 2 aliphatic heterocycles. The molecule has 1 N–H and O–H groups in total. The van der Waals surface area contributed by atoms with E-state index in [9.17, 15) is 0 Å². The normalized spacial score (nSPS) is 24.7. The summed E-state index contributed by atoms with van der Waals surface area (Å²) in [7, 11) is -1.89. The first-order valence-corrected chi connectivity index (χ1v) is 12.6. The van der Waals surface area contributed by atoms with Gasteiger partial charge in [0.25, 0.3) is 0 Å². The molecular weight excluding hydrogens is 398 g/mol. The lowest BCUT2D eigenvalue weighted by atomic mass is 9.79. The standard InChI is InChI=1S/C19H30BrNO3Si/c1-11-12-9-13(20)15-16(23-10-22-15)14(12)21-19(5,6)17(11)24-25(7,8)18(2,3)4/h9,11,17,21H,10H2,1-8H3. The summed E-state index contributed by atoms with van der Waals surface area (Å²) in [5, 5.41) is 3.87. The van der Waals surface area contributed by atoms with E-state index < -0.39 is 8.32 Å². The van der Waals surface area contributed by atoms with Crippen LogP contribution < -0.4 is 14.8 Å². The second-order valence-electron chi connectivity index (χ2n) is 9.32. The predicted octanol–water partition coefficient (Wildman–Crippen LogP) is 5.88. The molecule has 0 fully saturated rings. The number of halogens is 1. The van der Waals surface area contributed by atoms with Gasteiger partial charge >= 0.3 is 0 Å². The highest BCUT2D eigenvalue weighted by Gasteiger charge is 2.48. The van der Waals surface area contributed by atoms with Crippen LogP contribution in [0.4, 0.5) is 5.69 Å². The van der Waals surface area contributed by atoms with Crippen molar-refractivity contribution in [2.75, 3.05) is 12.1 Å². The van der Waals surface area contributed by atoms with Crippen molar-refractivity contribution in [2.45, 2.75) is 77.2 Å². The minimum Gasteiger partial charge on any atom is -0.452 e. The van der Waals surface area contributed by atoms with E-state index >= 15 is 0 Å². The lowest BCUT2D eigenvalue weighted by molar-refractivity contribution is 0.0957. The van der Waals surface area contributed by atoms with Crippen LogP contribution in [0, 0.1) is 0 Å². The maximum atomic E-state index is 6.88. The SMILES string of the molecule is CC1c2cc(Br)c3c(c2NC(C)(C)C1O[Si](C)(C)C(C)(C)C)OCO3. The molecular formula is C19H30BrNO3Si. The van der Waals surface area contributed by atoms with Gasteiger partial charge in [0.2, 0.25) is 6.79 Å². The highest BCUT2D eigenvalue weighted by molar-refractivity contribution is 9.10. The van der Waals surface area contributed by atoms with Gasteiger partial charge in [0.05, 0.1) is 21.8 Å². The second-order valence-corrected chi connectivity index (χ2v) is 14.9. The molecule has 0 aliphatic carbocycles. The lowest BCUT2D eigenvalue weighted by Crippen LogP contribution is -2.57. The van der Waals surface area contributed by atoms with E-state index in [4.69, 9.17) is 13.9 Å². The Hall–Kier alpha value is -0.723. The number of benzene rings is 1. The average molecular weight is 428 g/mol. The van der Waals surface area contributed by atoms with Crippen LogP contribution in [0.15, 0.2) is 10.5 Å².